The first-order chi connectivity index (χ1) is 4.72. The maximum atomic E-state index is 2.33. The molecular weight excluding hydrogens is 120 g/mol. The maximum absolute atomic E-state index is 2.33. The van der Waals surface area contributed by atoms with Crippen molar-refractivity contribution in [2.24, 2.45) is 11.8 Å². The highest BCUT2D eigenvalue weighted by Crippen LogP contribution is 2.17. The minimum absolute atomic E-state index is 0.848. The largest absolute Gasteiger partial charge is 0.0917 e. The van der Waals surface area contributed by atoms with E-state index in [0.717, 1.165) is 11.8 Å². The van der Waals surface area contributed by atoms with Crippen LogP contribution in [0.15, 0.2) is 12.2 Å². The monoisotopic (exact) mass is 140 g/mol. The third-order valence-electron chi connectivity index (χ3n) is 2.36. The van der Waals surface area contributed by atoms with Crippen LogP contribution in [0.1, 0.15) is 40.5 Å². The van der Waals surface area contributed by atoms with E-state index < -0.39 is 0 Å². The zero-order chi connectivity index (χ0) is 7.98. The van der Waals surface area contributed by atoms with E-state index in [-0.39, 0.29) is 0 Å². The highest BCUT2D eigenvalue weighted by Gasteiger charge is 2.06. The quantitative estimate of drug-likeness (QED) is 0.523. The van der Waals surface area contributed by atoms with Gasteiger partial charge in [0.05, 0.1) is 0 Å². The lowest BCUT2D eigenvalue weighted by atomic mass is 9.91. The van der Waals surface area contributed by atoms with Crippen molar-refractivity contribution < 1.29 is 0 Å². The molecule has 0 spiro atoms. The van der Waals surface area contributed by atoms with Crippen molar-refractivity contribution in [3.63, 3.8) is 0 Å². The fraction of sp³-hybridized carbons (Fsp3) is 0.800. The molecule has 0 saturated carbocycles. The number of hydrogen-bond donors (Lipinski definition) is 0. The number of allylic oxidation sites excluding steroid dienone is 2. The van der Waals surface area contributed by atoms with Crippen LogP contribution >= 0.6 is 0 Å². The minimum Gasteiger partial charge on any atom is -0.0917 e. The Bertz CT molecular complexity index is 92.2. The molecule has 0 aliphatic carbocycles. The second kappa shape index (κ2) is 5.52. The fourth-order valence-electron chi connectivity index (χ4n) is 0.985. The summed E-state index contributed by atoms with van der Waals surface area (Å²) >= 11 is 0. The first-order valence-electron chi connectivity index (χ1n) is 4.33. The molecule has 0 aromatic carbocycles. The Morgan fingerprint density at radius 2 is 1.80 bits per heavy atom. The molecule has 0 fully saturated rings. The van der Waals surface area contributed by atoms with E-state index in [4.69, 9.17) is 0 Å². The fourth-order valence-corrected chi connectivity index (χ4v) is 0.985. The third-order valence-corrected chi connectivity index (χ3v) is 2.36. The Hall–Kier alpha value is -0.260. The summed E-state index contributed by atoms with van der Waals surface area (Å²) in [5.74, 6) is 1.72. The zero-order valence-electron chi connectivity index (χ0n) is 7.72. The molecule has 0 aliphatic rings. The summed E-state index contributed by atoms with van der Waals surface area (Å²) in [4.78, 5) is 0. The molecule has 0 aliphatic heterocycles. The van der Waals surface area contributed by atoms with E-state index in [2.05, 4.69) is 39.8 Å². The molecule has 0 N–H and O–H groups in total. The molecule has 0 radical (unpaired) electrons. The van der Waals surface area contributed by atoms with Crippen molar-refractivity contribution in [1.82, 2.24) is 0 Å². The van der Waals surface area contributed by atoms with Gasteiger partial charge in [0.15, 0.2) is 0 Å². The van der Waals surface area contributed by atoms with E-state index in [9.17, 15) is 0 Å². The molecule has 0 amide bonds. The van der Waals surface area contributed by atoms with Crippen LogP contribution in [0.2, 0.25) is 0 Å². The lowest BCUT2D eigenvalue weighted by molar-refractivity contribution is 0.380. The van der Waals surface area contributed by atoms with Gasteiger partial charge in [0.1, 0.15) is 0 Å². The predicted octanol–water partition coefficient (Wildman–Crippen LogP) is 3.63. The van der Waals surface area contributed by atoms with Gasteiger partial charge in [-0.1, -0.05) is 39.3 Å². The second-order valence-electron chi connectivity index (χ2n) is 3.17. The van der Waals surface area contributed by atoms with Gasteiger partial charge < -0.3 is 0 Å². The summed E-state index contributed by atoms with van der Waals surface area (Å²) in [7, 11) is 0. The van der Waals surface area contributed by atoms with Crippen molar-refractivity contribution in [3.05, 3.63) is 12.2 Å². The van der Waals surface area contributed by atoms with E-state index in [1.54, 1.807) is 0 Å². The smallest absolute Gasteiger partial charge is 0.0322 e. The Labute approximate surface area is 65.3 Å². The van der Waals surface area contributed by atoms with Crippen LogP contribution in [0.3, 0.4) is 0 Å². The van der Waals surface area contributed by atoms with Crippen LogP contribution in [-0.2, 0) is 0 Å². The topological polar surface area (TPSA) is 0 Å². The summed E-state index contributed by atoms with van der Waals surface area (Å²) < 4.78 is 0. The summed E-state index contributed by atoms with van der Waals surface area (Å²) in [6.45, 7) is 9.00. The molecule has 0 heteroatoms. The molecule has 0 aromatic heterocycles. The molecule has 0 rings (SSSR count). The van der Waals surface area contributed by atoms with E-state index in [1.165, 1.54) is 12.8 Å². The molecule has 0 aromatic rings. The average Bonchev–Trinajstić information content (AvgIpc) is 1.98. The van der Waals surface area contributed by atoms with Gasteiger partial charge in [0, 0.05) is 0 Å². The van der Waals surface area contributed by atoms with E-state index in [1.807, 2.05) is 0 Å². The van der Waals surface area contributed by atoms with Gasteiger partial charge >= 0.3 is 0 Å². The van der Waals surface area contributed by atoms with Crippen molar-refractivity contribution in [3.8, 4) is 0 Å². The van der Waals surface area contributed by atoms with Crippen molar-refractivity contribution in [2.45, 2.75) is 40.5 Å². The van der Waals surface area contributed by atoms with Crippen LogP contribution in [-0.4, -0.2) is 0 Å². The third kappa shape index (κ3) is 3.71. The molecule has 2 unspecified atom stereocenters. The van der Waals surface area contributed by atoms with Gasteiger partial charge in [0.25, 0.3) is 0 Å². The average molecular weight is 140 g/mol. The van der Waals surface area contributed by atoms with E-state index >= 15 is 0 Å². The molecule has 2 atom stereocenters. The minimum atomic E-state index is 0.848. The standard InChI is InChI=1S/C10H20/c1-5-7-8-10(4)9(3)6-2/h5,7,9-10H,6,8H2,1-4H3/b7-5+. The van der Waals surface area contributed by atoms with Gasteiger partial charge in [-0.05, 0) is 25.2 Å². The van der Waals surface area contributed by atoms with Crippen LogP contribution < -0.4 is 0 Å². The van der Waals surface area contributed by atoms with Crippen LogP contribution in [0.4, 0.5) is 0 Å². The van der Waals surface area contributed by atoms with Gasteiger partial charge in [0.2, 0.25) is 0 Å². The van der Waals surface area contributed by atoms with Gasteiger partial charge in [-0.2, -0.15) is 0 Å². The maximum Gasteiger partial charge on any atom is -0.0322 e. The van der Waals surface area contributed by atoms with Crippen molar-refractivity contribution in [1.29, 1.82) is 0 Å². The highest BCUT2D eigenvalue weighted by molar-refractivity contribution is 4.80. The molecule has 60 valence electrons. The summed E-state index contributed by atoms with van der Waals surface area (Å²) in [6, 6.07) is 0. The molecule has 0 bridgehead atoms. The number of hydrogen-bond acceptors (Lipinski definition) is 0. The summed E-state index contributed by atoms with van der Waals surface area (Å²) in [6.07, 6.45) is 6.94. The Morgan fingerprint density at radius 3 is 2.20 bits per heavy atom. The SMILES string of the molecule is C/C=C/CC(C)C(C)CC. The predicted molar refractivity (Wildman–Crippen MR) is 48.1 cm³/mol. The molecule has 0 heterocycles. The van der Waals surface area contributed by atoms with Crippen molar-refractivity contribution in [2.75, 3.05) is 0 Å². The van der Waals surface area contributed by atoms with Gasteiger partial charge in [-0.15, -0.1) is 0 Å². The van der Waals surface area contributed by atoms with E-state index in [0.29, 0.717) is 0 Å². The molecule has 10 heavy (non-hydrogen) atoms. The first-order valence-corrected chi connectivity index (χ1v) is 4.33. The Kier molecular flexibility index (Phi) is 5.38. The highest BCUT2D eigenvalue weighted by atomic mass is 14.1. The molecule has 0 nitrogen and oxygen atoms in total. The lowest BCUT2D eigenvalue weighted by Gasteiger charge is -2.15. The summed E-state index contributed by atoms with van der Waals surface area (Å²) in [5.41, 5.74) is 0. The zero-order valence-corrected chi connectivity index (χ0v) is 7.72. The normalized spacial score (nSPS) is 17.6. The van der Waals surface area contributed by atoms with Gasteiger partial charge in [-0.3, -0.25) is 0 Å². The van der Waals surface area contributed by atoms with Crippen LogP contribution in [0.25, 0.3) is 0 Å². The lowest BCUT2D eigenvalue weighted by Crippen LogP contribution is -2.04. The Morgan fingerprint density at radius 1 is 1.20 bits per heavy atom. The second-order valence-corrected chi connectivity index (χ2v) is 3.17. The summed E-state index contributed by atoms with van der Waals surface area (Å²) in [5, 5.41) is 0. The molecule has 0 saturated heterocycles. The molecular formula is C10H20. The first kappa shape index (κ1) is 9.74. The number of rotatable bonds is 4. The Balaban J connectivity index is 3.50. The van der Waals surface area contributed by atoms with Crippen molar-refractivity contribution >= 4 is 0 Å². The van der Waals surface area contributed by atoms with Crippen LogP contribution in [0, 0.1) is 11.8 Å². The van der Waals surface area contributed by atoms with Gasteiger partial charge in [-0.25, -0.2) is 0 Å². The van der Waals surface area contributed by atoms with Crippen LogP contribution in [0.5, 0.6) is 0 Å².